The fourth-order valence-electron chi connectivity index (χ4n) is 1.69. The van der Waals surface area contributed by atoms with Crippen molar-refractivity contribution >= 4 is 28.1 Å². The van der Waals surface area contributed by atoms with E-state index in [1.54, 1.807) is 12.3 Å². The third kappa shape index (κ3) is 2.51. The minimum absolute atomic E-state index is 0.173. The average Bonchev–Trinajstić information content (AvgIpc) is 2.69. The van der Waals surface area contributed by atoms with E-state index in [1.807, 2.05) is 26.8 Å². The van der Waals surface area contributed by atoms with Gasteiger partial charge in [-0.1, -0.05) is 6.07 Å². The summed E-state index contributed by atoms with van der Waals surface area (Å²) in [6.45, 7) is 5.77. The van der Waals surface area contributed by atoms with Crippen LogP contribution in [0, 0.1) is 20.8 Å². The molecule has 2 aromatic rings. The van der Waals surface area contributed by atoms with Gasteiger partial charge in [0.15, 0.2) is 5.13 Å². The summed E-state index contributed by atoms with van der Waals surface area (Å²) in [7, 11) is 0. The highest BCUT2D eigenvalue weighted by atomic mass is 32.1. The van der Waals surface area contributed by atoms with Gasteiger partial charge in [0.05, 0.1) is 0 Å². The summed E-state index contributed by atoms with van der Waals surface area (Å²) in [5.41, 5.74) is 8.94. The zero-order chi connectivity index (χ0) is 13.3. The molecule has 0 aliphatic rings. The van der Waals surface area contributed by atoms with E-state index in [9.17, 15) is 4.79 Å². The molecule has 18 heavy (non-hydrogen) atoms. The molecule has 0 spiro atoms. The number of nitrogen functional groups attached to an aromatic ring is 1. The van der Waals surface area contributed by atoms with Gasteiger partial charge in [-0.25, -0.2) is 4.98 Å². The van der Waals surface area contributed by atoms with Crippen LogP contribution in [0.1, 0.15) is 26.4 Å². The summed E-state index contributed by atoms with van der Waals surface area (Å²) in [6, 6.07) is 3.62. The van der Waals surface area contributed by atoms with Gasteiger partial charge in [0, 0.05) is 22.3 Å². The molecule has 0 fully saturated rings. The molecule has 0 radical (unpaired) electrons. The topological polar surface area (TPSA) is 68.0 Å². The normalized spacial score (nSPS) is 10.4. The number of hydrogen-bond donors (Lipinski definition) is 2. The Kier molecular flexibility index (Phi) is 3.34. The number of aryl methyl sites for hydroxylation is 3. The van der Waals surface area contributed by atoms with Crippen LogP contribution in [0.2, 0.25) is 0 Å². The molecule has 1 aromatic carbocycles. The predicted octanol–water partition coefficient (Wildman–Crippen LogP) is 2.90. The summed E-state index contributed by atoms with van der Waals surface area (Å²) in [4.78, 5) is 17.3. The molecular weight excluding hydrogens is 246 g/mol. The lowest BCUT2D eigenvalue weighted by Crippen LogP contribution is -2.14. The van der Waals surface area contributed by atoms with Crippen molar-refractivity contribution in [2.75, 3.05) is 11.1 Å². The highest BCUT2D eigenvalue weighted by Gasteiger charge is 2.12. The van der Waals surface area contributed by atoms with Gasteiger partial charge in [0.2, 0.25) is 0 Å². The fourth-order valence-corrected chi connectivity index (χ4v) is 2.35. The second-order valence-corrected chi connectivity index (χ2v) is 5.49. The maximum atomic E-state index is 12.1. The zero-order valence-corrected chi connectivity index (χ0v) is 11.4. The molecule has 0 saturated heterocycles. The van der Waals surface area contributed by atoms with E-state index in [1.165, 1.54) is 11.3 Å². The number of carbonyl (C=O) groups excluding carboxylic acids is 1. The van der Waals surface area contributed by atoms with Crippen molar-refractivity contribution in [2.24, 2.45) is 0 Å². The molecule has 1 amide bonds. The highest BCUT2D eigenvalue weighted by Crippen LogP contribution is 2.21. The number of nitrogens with zero attached hydrogens (tertiary/aromatic N) is 1. The van der Waals surface area contributed by atoms with Crippen molar-refractivity contribution in [1.29, 1.82) is 0 Å². The Labute approximate surface area is 110 Å². The molecule has 0 atom stereocenters. The molecule has 0 aliphatic carbocycles. The maximum Gasteiger partial charge on any atom is 0.257 e. The number of hydrogen-bond acceptors (Lipinski definition) is 4. The molecule has 1 aromatic heterocycles. The minimum atomic E-state index is -0.173. The first-order valence-electron chi connectivity index (χ1n) is 5.58. The molecule has 4 nitrogen and oxygen atoms in total. The van der Waals surface area contributed by atoms with Crippen LogP contribution in [-0.2, 0) is 0 Å². The first-order valence-corrected chi connectivity index (χ1v) is 6.39. The molecule has 3 N–H and O–H groups in total. The third-order valence-corrected chi connectivity index (χ3v) is 3.53. The molecule has 0 aliphatic heterocycles. The van der Waals surface area contributed by atoms with Crippen LogP contribution in [-0.4, -0.2) is 10.9 Å². The lowest BCUT2D eigenvalue weighted by molar-refractivity contribution is 0.102. The maximum absolute atomic E-state index is 12.1. The van der Waals surface area contributed by atoms with Crippen molar-refractivity contribution in [3.8, 4) is 0 Å². The lowest BCUT2D eigenvalue weighted by Gasteiger charge is -2.08. The number of carbonyl (C=O) groups is 1. The van der Waals surface area contributed by atoms with E-state index >= 15 is 0 Å². The molecule has 94 valence electrons. The first kappa shape index (κ1) is 12.6. The summed E-state index contributed by atoms with van der Waals surface area (Å²) in [5.74, 6) is -0.173. The Bertz CT molecular complexity index is 604. The summed E-state index contributed by atoms with van der Waals surface area (Å²) in [6.07, 6.45) is 1.73. The van der Waals surface area contributed by atoms with Gasteiger partial charge in [-0.05, 0) is 38.0 Å². The number of benzene rings is 1. The summed E-state index contributed by atoms with van der Waals surface area (Å²) in [5, 5.41) is 3.39. The Balaban J connectivity index is 2.26. The molecular formula is C13H15N3OS. The van der Waals surface area contributed by atoms with Crippen LogP contribution in [0.5, 0.6) is 0 Å². The molecule has 2 rings (SSSR count). The number of nitrogens with one attached hydrogen (secondary N) is 1. The monoisotopic (exact) mass is 261 g/mol. The van der Waals surface area contributed by atoms with E-state index < -0.39 is 0 Å². The molecule has 1 heterocycles. The van der Waals surface area contributed by atoms with Crippen LogP contribution in [0.25, 0.3) is 0 Å². The van der Waals surface area contributed by atoms with Crippen molar-refractivity contribution in [3.63, 3.8) is 0 Å². The Morgan fingerprint density at radius 3 is 2.61 bits per heavy atom. The Morgan fingerprint density at radius 2 is 2.00 bits per heavy atom. The first-order chi connectivity index (χ1) is 8.47. The van der Waals surface area contributed by atoms with Gasteiger partial charge in [0.1, 0.15) is 0 Å². The van der Waals surface area contributed by atoms with Crippen molar-refractivity contribution in [3.05, 3.63) is 39.9 Å². The number of nitrogens with two attached hydrogens (primary N) is 1. The number of thiazole rings is 1. The number of aromatic nitrogens is 1. The van der Waals surface area contributed by atoms with E-state index in [2.05, 4.69) is 10.3 Å². The second-order valence-electron chi connectivity index (χ2n) is 4.25. The van der Waals surface area contributed by atoms with Crippen molar-refractivity contribution in [1.82, 2.24) is 4.98 Å². The van der Waals surface area contributed by atoms with Crippen molar-refractivity contribution < 1.29 is 4.79 Å². The van der Waals surface area contributed by atoms with E-state index in [0.29, 0.717) is 16.4 Å². The van der Waals surface area contributed by atoms with E-state index in [-0.39, 0.29) is 5.91 Å². The zero-order valence-electron chi connectivity index (χ0n) is 10.6. The standard InChI is InChI=1S/C13H15N3OS/c1-7-4-8(2)11(14)5-10(7)12(17)16-13-15-6-9(3)18-13/h4-6H,14H2,1-3H3,(H,15,16,17). The van der Waals surface area contributed by atoms with Crippen LogP contribution >= 0.6 is 11.3 Å². The van der Waals surface area contributed by atoms with Crippen LogP contribution in [0.3, 0.4) is 0 Å². The minimum Gasteiger partial charge on any atom is -0.398 e. The SMILES string of the molecule is Cc1cnc(NC(=O)c2cc(N)c(C)cc2C)s1. The van der Waals surface area contributed by atoms with Crippen LogP contribution in [0.15, 0.2) is 18.3 Å². The summed E-state index contributed by atoms with van der Waals surface area (Å²) >= 11 is 1.45. The van der Waals surface area contributed by atoms with Crippen molar-refractivity contribution in [2.45, 2.75) is 20.8 Å². The van der Waals surface area contributed by atoms with Gasteiger partial charge in [-0.2, -0.15) is 0 Å². The van der Waals surface area contributed by atoms with E-state index in [4.69, 9.17) is 5.73 Å². The van der Waals surface area contributed by atoms with Gasteiger partial charge < -0.3 is 5.73 Å². The number of rotatable bonds is 2. The quantitative estimate of drug-likeness (QED) is 0.817. The molecule has 5 heteroatoms. The second kappa shape index (κ2) is 4.78. The highest BCUT2D eigenvalue weighted by molar-refractivity contribution is 7.15. The van der Waals surface area contributed by atoms with Gasteiger partial charge in [0.25, 0.3) is 5.91 Å². The molecule has 0 saturated carbocycles. The lowest BCUT2D eigenvalue weighted by atomic mass is 10.0. The molecule has 0 unspecified atom stereocenters. The molecule has 0 bridgehead atoms. The fraction of sp³-hybridized carbons (Fsp3) is 0.231. The smallest absolute Gasteiger partial charge is 0.257 e. The summed E-state index contributed by atoms with van der Waals surface area (Å²) < 4.78 is 0. The Hall–Kier alpha value is -1.88. The van der Waals surface area contributed by atoms with E-state index in [0.717, 1.165) is 16.0 Å². The number of anilines is 2. The predicted molar refractivity (Wildman–Crippen MR) is 75.1 cm³/mol. The number of amides is 1. The van der Waals surface area contributed by atoms with Gasteiger partial charge in [-0.3, -0.25) is 10.1 Å². The van der Waals surface area contributed by atoms with Gasteiger partial charge in [-0.15, -0.1) is 11.3 Å². The largest absolute Gasteiger partial charge is 0.398 e. The Morgan fingerprint density at radius 1 is 1.28 bits per heavy atom. The van der Waals surface area contributed by atoms with Crippen LogP contribution < -0.4 is 11.1 Å². The van der Waals surface area contributed by atoms with Gasteiger partial charge >= 0.3 is 0 Å². The third-order valence-electron chi connectivity index (χ3n) is 2.70. The van der Waals surface area contributed by atoms with Crippen LogP contribution in [0.4, 0.5) is 10.8 Å². The average molecular weight is 261 g/mol.